The normalized spacial score (nSPS) is 31.6. The summed E-state index contributed by atoms with van der Waals surface area (Å²) in [7, 11) is 0. The lowest BCUT2D eigenvalue weighted by molar-refractivity contribution is -0.154. The van der Waals surface area contributed by atoms with Crippen LogP contribution in [-0.2, 0) is 9.53 Å². The van der Waals surface area contributed by atoms with Crippen molar-refractivity contribution >= 4 is 12.0 Å². The van der Waals surface area contributed by atoms with E-state index in [-0.39, 0.29) is 37.7 Å². The lowest BCUT2D eigenvalue weighted by Crippen LogP contribution is -2.54. The highest BCUT2D eigenvalue weighted by molar-refractivity contribution is 5.78. The maximum atomic E-state index is 12.4. The van der Waals surface area contributed by atoms with Gasteiger partial charge in [0.2, 0.25) is 0 Å². The summed E-state index contributed by atoms with van der Waals surface area (Å²) in [6.45, 7) is 3.26. The topological polar surface area (TPSA) is 90.3 Å². The summed E-state index contributed by atoms with van der Waals surface area (Å²) in [5, 5.41) is 18.3. The number of nitrogens with zero attached hydrogens (tertiary/aromatic N) is 2. The highest BCUT2D eigenvalue weighted by atomic mass is 16.5. The van der Waals surface area contributed by atoms with Crippen LogP contribution in [0.5, 0.6) is 0 Å². The first kappa shape index (κ1) is 14.1. The number of carbonyl (C=O) groups excluding carboxylic acids is 1. The number of aliphatic carboxylic acids is 1. The van der Waals surface area contributed by atoms with Crippen molar-refractivity contribution < 1.29 is 24.5 Å². The van der Waals surface area contributed by atoms with Crippen LogP contribution in [0.4, 0.5) is 4.79 Å². The van der Waals surface area contributed by atoms with E-state index in [0.29, 0.717) is 13.1 Å². The van der Waals surface area contributed by atoms with E-state index in [0.717, 1.165) is 6.42 Å². The Hall–Kier alpha value is -1.34. The summed E-state index contributed by atoms with van der Waals surface area (Å²) in [4.78, 5) is 26.4. The van der Waals surface area contributed by atoms with E-state index >= 15 is 0 Å². The summed E-state index contributed by atoms with van der Waals surface area (Å²) >= 11 is 0. The maximum absolute atomic E-state index is 12.4. The molecule has 3 atom stereocenters. The Kier molecular flexibility index (Phi) is 4.26. The Labute approximate surface area is 111 Å². The summed E-state index contributed by atoms with van der Waals surface area (Å²) in [6.07, 6.45) is -0.0887. The molecule has 19 heavy (non-hydrogen) atoms. The van der Waals surface area contributed by atoms with E-state index in [2.05, 4.69) is 0 Å². The highest BCUT2D eigenvalue weighted by Crippen LogP contribution is 2.25. The highest BCUT2D eigenvalue weighted by Gasteiger charge is 2.38. The first-order valence-electron chi connectivity index (χ1n) is 6.55. The van der Waals surface area contributed by atoms with Gasteiger partial charge in [-0.15, -0.1) is 0 Å². The van der Waals surface area contributed by atoms with Gasteiger partial charge in [0.1, 0.15) is 0 Å². The molecule has 2 aliphatic heterocycles. The van der Waals surface area contributed by atoms with Crippen molar-refractivity contribution in [2.45, 2.75) is 25.5 Å². The van der Waals surface area contributed by atoms with Crippen LogP contribution in [0.15, 0.2) is 0 Å². The van der Waals surface area contributed by atoms with Crippen LogP contribution in [0.2, 0.25) is 0 Å². The van der Waals surface area contributed by atoms with E-state index < -0.39 is 12.1 Å². The summed E-state index contributed by atoms with van der Waals surface area (Å²) in [6, 6.07) is -0.364. The molecule has 2 fully saturated rings. The number of hydrogen-bond donors (Lipinski definition) is 2. The molecule has 0 bridgehead atoms. The molecule has 3 unspecified atom stereocenters. The van der Waals surface area contributed by atoms with Crippen LogP contribution in [0, 0.1) is 5.92 Å². The number of hydrogen-bond acceptors (Lipinski definition) is 4. The zero-order chi connectivity index (χ0) is 14.0. The first-order valence-corrected chi connectivity index (χ1v) is 6.55. The second kappa shape index (κ2) is 5.75. The van der Waals surface area contributed by atoms with Gasteiger partial charge in [-0.25, -0.2) is 9.59 Å². The zero-order valence-electron chi connectivity index (χ0n) is 11.0. The van der Waals surface area contributed by atoms with Gasteiger partial charge in [0.25, 0.3) is 0 Å². The van der Waals surface area contributed by atoms with E-state index in [1.54, 1.807) is 4.90 Å². The van der Waals surface area contributed by atoms with Crippen molar-refractivity contribution in [2.75, 3.05) is 32.8 Å². The molecular weight excluding hydrogens is 252 g/mol. The minimum Gasteiger partial charge on any atom is -0.479 e. The van der Waals surface area contributed by atoms with E-state index in [4.69, 9.17) is 9.84 Å². The summed E-state index contributed by atoms with van der Waals surface area (Å²) < 4.78 is 5.10. The number of amides is 2. The van der Waals surface area contributed by atoms with Gasteiger partial charge in [0, 0.05) is 13.1 Å². The summed E-state index contributed by atoms with van der Waals surface area (Å²) in [5.41, 5.74) is 0. The minimum absolute atomic E-state index is 0.0559. The number of aliphatic hydroxyl groups excluding tert-OH is 1. The van der Waals surface area contributed by atoms with Crippen LogP contribution in [0.3, 0.4) is 0 Å². The average molecular weight is 272 g/mol. The first-order chi connectivity index (χ1) is 9.04. The monoisotopic (exact) mass is 272 g/mol. The smallest absolute Gasteiger partial charge is 0.334 e. The predicted octanol–water partition coefficient (Wildman–Crippen LogP) is -0.405. The molecule has 2 saturated heterocycles. The number of ether oxygens (including phenoxy) is 1. The van der Waals surface area contributed by atoms with Crippen molar-refractivity contribution in [3.05, 3.63) is 0 Å². The van der Waals surface area contributed by atoms with Crippen molar-refractivity contribution in [1.82, 2.24) is 9.80 Å². The van der Waals surface area contributed by atoms with Crippen LogP contribution < -0.4 is 0 Å². The van der Waals surface area contributed by atoms with E-state index in [1.165, 1.54) is 4.90 Å². The number of aliphatic hydroxyl groups is 1. The van der Waals surface area contributed by atoms with Gasteiger partial charge >= 0.3 is 12.0 Å². The van der Waals surface area contributed by atoms with Gasteiger partial charge in [-0.2, -0.15) is 0 Å². The largest absolute Gasteiger partial charge is 0.479 e. The van der Waals surface area contributed by atoms with Gasteiger partial charge < -0.3 is 24.7 Å². The molecule has 2 N–H and O–H groups in total. The predicted molar refractivity (Wildman–Crippen MR) is 65.7 cm³/mol. The number of urea groups is 1. The van der Waals surface area contributed by atoms with Gasteiger partial charge in [0.05, 0.1) is 25.8 Å². The van der Waals surface area contributed by atoms with Gasteiger partial charge in [-0.05, 0) is 12.3 Å². The Balaban J connectivity index is 2.01. The minimum atomic E-state index is -1.05. The van der Waals surface area contributed by atoms with E-state index in [9.17, 15) is 14.7 Å². The summed E-state index contributed by atoms with van der Waals surface area (Å²) in [5.74, 6) is -0.781. The molecule has 2 aliphatic rings. The quantitative estimate of drug-likeness (QED) is 0.713. The maximum Gasteiger partial charge on any atom is 0.334 e. The molecule has 2 amide bonds. The lowest BCUT2D eigenvalue weighted by atomic mass is 10.0. The van der Waals surface area contributed by atoms with Crippen molar-refractivity contribution in [3.63, 3.8) is 0 Å². The number of carboxylic acids is 1. The molecule has 0 aromatic carbocycles. The molecule has 0 aromatic rings. The fourth-order valence-electron chi connectivity index (χ4n) is 2.68. The third-order valence-electron chi connectivity index (χ3n) is 3.93. The number of carboxylic acid groups (broad SMARTS) is 1. The fourth-order valence-corrected chi connectivity index (χ4v) is 2.68. The van der Waals surface area contributed by atoms with E-state index in [1.807, 2.05) is 6.92 Å². The Morgan fingerprint density at radius 3 is 2.74 bits per heavy atom. The van der Waals surface area contributed by atoms with Crippen LogP contribution >= 0.6 is 0 Å². The Morgan fingerprint density at radius 2 is 2.11 bits per heavy atom. The van der Waals surface area contributed by atoms with Crippen LogP contribution in [0.25, 0.3) is 0 Å². The molecule has 0 radical (unpaired) electrons. The molecule has 7 nitrogen and oxygen atoms in total. The molecule has 2 heterocycles. The molecule has 0 spiro atoms. The lowest BCUT2D eigenvalue weighted by Gasteiger charge is -2.36. The third-order valence-corrected chi connectivity index (χ3v) is 3.93. The van der Waals surface area contributed by atoms with Gasteiger partial charge in [-0.1, -0.05) is 6.92 Å². The molecular formula is C12H20N2O5. The van der Waals surface area contributed by atoms with Gasteiger partial charge in [-0.3, -0.25) is 0 Å². The Morgan fingerprint density at radius 1 is 1.37 bits per heavy atom. The number of rotatable bonds is 2. The fraction of sp³-hybridized carbons (Fsp3) is 0.833. The Bertz CT molecular complexity index is 362. The number of carbonyl (C=O) groups is 2. The number of morpholine rings is 1. The molecule has 7 heteroatoms. The number of likely N-dealkylation sites (tertiary alicyclic amines) is 1. The van der Waals surface area contributed by atoms with Crippen LogP contribution in [-0.4, -0.2) is 77.0 Å². The van der Waals surface area contributed by atoms with Gasteiger partial charge in [0.15, 0.2) is 6.10 Å². The second-order valence-corrected chi connectivity index (χ2v) is 5.14. The molecule has 2 rings (SSSR count). The molecule has 0 saturated carbocycles. The third kappa shape index (κ3) is 2.82. The average Bonchev–Trinajstić information content (AvgIpc) is 2.79. The zero-order valence-corrected chi connectivity index (χ0v) is 11.0. The molecule has 108 valence electrons. The second-order valence-electron chi connectivity index (χ2n) is 5.14. The molecule has 0 aromatic heterocycles. The molecule has 0 aliphatic carbocycles. The van der Waals surface area contributed by atoms with Crippen molar-refractivity contribution in [3.8, 4) is 0 Å². The van der Waals surface area contributed by atoms with Crippen molar-refractivity contribution in [2.24, 2.45) is 5.92 Å². The SMILES string of the molecule is CC1CCN(C(=O)N2CCOC(C(=O)O)C2)C1CO. The standard InChI is InChI=1S/C12H20N2O5/c1-8-2-3-14(9(8)7-15)12(18)13-4-5-19-10(6-13)11(16)17/h8-10,15H,2-7H2,1H3,(H,16,17). The van der Waals surface area contributed by atoms with Crippen molar-refractivity contribution in [1.29, 1.82) is 0 Å². The van der Waals surface area contributed by atoms with Crippen LogP contribution in [0.1, 0.15) is 13.3 Å².